The number of halogens is 1. The van der Waals surface area contributed by atoms with Gasteiger partial charge in [0.25, 0.3) is 0 Å². The molecule has 1 unspecified atom stereocenters. The summed E-state index contributed by atoms with van der Waals surface area (Å²) in [6, 6.07) is 16.4. The van der Waals surface area contributed by atoms with Crippen LogP contribution in [0.5, 0.6) is 5.75 Å². The first-order valence-corrected chi connectivity index (χ1v) is 8.05. The van der Waals surface area contributed by atoms with Crippen LogP contribution in [0.15, 0.2) is 42.5 Å². The average Bonchev–Trinajstić information content (AvgIpc) is 2.52. The Hall–Kier alpha value is -1.98. The summed E-state index contributed by atoms with van der Waals surface area (Å²) < 4.78 is 5.16. The van der Waals surface area contributed by atoms with E-state index >= 15 is 0 Å². The standard InChI is InChI=1S/C20H22ClNO/c1-20(2,3)17-8-6-15(7-9-17)16(13-22)11-14-5-10-19(23-4)18(21)12-14/h5-10,12,16H,11H2,1-4H3. The average molecular weight is 328 g/mol. The van der Waals surface area contributed by atoms with Crippen molar-refractivity contribution in [2.75, 3.05) is 7.11 Å². The van der Waals surface area contributed by atoms with E-state index in [1.807, 2.05) is 18.2 Å². The fourth-order valence-corrected chi connectivity index (χ4v) is 2.81. The number of ether oxygens (including phenoxy) is 1. The second-order valence-corrected chi connectivity index (χ2v) is 7.13. The normalized spacial score (nSPS) is 12.5. The molecule has 2 rings (SSSR count). The van der Waals surface area contributed by atoms with Gasteiger partial charge in [-0.1, -0.05) is 62.7 Å². The molecule has 0 fully saturated rings. The number of benzene rings is 2. The molecule has 23 heavy (non-hydrogen) atoms. The molecule has 0 aliphatic heterocycles. The molecule has 1 atom stereocenters. The highest BCUT2D eigenvalue weighted by Gasteiger charge is 2.16. The van der Waals surface area contributed by atoms with Gasteiger partial charge in [-0.25, -0.2) is 0 Å². The van der Waals surface area contributed by atoms with Crippen LogP contribution in [0.3, 0.4) is 0 Å². The van der Waals surface area contributed by atoms with E-state index in [1.54, 1.807) is 7.11 Å². The van der Waals surface area contributed by atoms with Crippen LogP contribution in [0.2, 0.25) is 5.02 Å². The maximum Gasteiger partial charge on any atom is 0.137 e. The minimum absolute atomic E-state index is 0.115. The van der Waals surface area contributed by atoms with Crippen molar-refractivity contribution in [1.82, 2.24) is 0 Å². The molecule has 0 saturated carbocycles. The van der Waals surface area contributed by atoms with E-state index in [-0.39, 0.29) is 11.3 Å². The first-order chi connectivity index (χ1) is 10.8. The summed E-state index contributed by atoms with van der Waals surface area (Å²) in [5.74, 6) is 0.465. The molecule has 0 aliphatic carbocycles. The third-order valence-corrected chi connectivity index (χ3v) is 4.29. The molecule has 0 spiro atoms. The lowest BCUT2D eigenvalue weighted by Gasteiger charge is -2.20. The van der Waals surface area contributed by atoms with Gasteiger partial charge in [-0.05, 0) is 40.7 Å². The van der Waals surface area contributed by atoms with E-state index in [0.717, 1.165) is 11.1 Å². The maximum atomic E-state index is 9.53. The number of nitrogens with zero attached hydrogens (tertiary/aromatic N) is 1. The Morgan fingerprint density at radius 3 is 2.26 bits per heavy atom. The minimum Gasteiger partial charge on any atom is -0.495 e. The molecule has 0 radical (unpaired) electrons. The van der Waals surface area contributed by atoms with Gasteiger partial charge >= 0.3 is 0 Å². The van der Waals surface area contributed by atoms with Crippen LogP contribution in [-0.4, -0.2) is 7.11 Å². The van der Waals surface area contributed by atoms with Crippen molar-refractivity contribution in [2.45, 2.75) is 38.5 Å². The number of hydrogen-bond donors (Lipinski definition) is 0. The molecule has 2 aromatic carbocycles. The summed E-state index contributed by atoms with van der Waals surface area (Å²) in [6.07, 6.45) is 0.634. The molecule has 3 heteroatoms. The molecule has 0 amide bonds. The quantitative estimate of drug-likeness (QED) is 0.743. The zero-order valence-electron chi connectivity index (χ0n) is 14.1. The molecule has 2 nitrogen and oxygen atoms in total. The van der Waals surface area contributed by atoms with Crippen molar-refractivity contribution in [3.05, 3.63) is 64.2 Å². The van der Waals surface area contributed by atoms with Gasteiger partial charge < -0.3 is 4.74 Å². The maximum absolute atomic E-state index is 9.53. The van der Waals surface area contributed by atoms with E-state index in [9.17, 15) is 5.26 Å². The van der Waals surface area contributed by atoms with Crippen LogP contribution < -0.4 is 4.74 Å². The Bertz CT molecular complexity index is 708. The molecular formula is C20H22ClNO. The number of nitriles is 1. The first-order valence-electron chi connectivity index (χ1n) is 7.67. The molecular weight excluding hydrogens is 306 g/mol. The van der Waals surface area contributed by atoms with Gasteiger partial charge in [-0.2, -0.15) is 5.26 Å². The highest BCUT2D eigenvalue weighted by molar-refractivity contribution is 6.32. The Morgan fingerprint density at radius 1 is 1.13 bits per heavy atom. The summed E-state index contributed by atoms with van der Waals surface area (Å²) in [5, 5.41) is 10.1. The first kappa shape index (κ1) is 17.4. The molecule has 2 aromatic rings. The molecule has 0 bridgehead atoms. The molecule has 0 N–H and O–H groups in total. The fraction of sp³-hybridized carbons (Fsp3) is 0.350. The number of hydrogen-bond acceptors (Lipinski definition) is 2. The van der Waals surface area contributed by atoms with E-state index < -0.39 is 0 Å². The van der Waals surface area contributed by atoms with E-state index in [0.29, 0.717) is 17.2 Å². The van der Waals surface area contributed by atoms with Gasteiger partial charge in [0.05, 0.1) is 24.1 Å². The van der Waals surface area contributed by atoms with Gasteiger partial charge in [0.1, 0.15) is 5.75 Å². The van der Waals surface area contributed by atoms with E-state index in [1.165, 1.54) is 5.56 Å². The monoisotopic (exact) mass is 327 g/mol. The van der Waals surface area contributed by atoms with Crippen molar-refractivity contribution in [1.29, 1.82) is 5.26 Å². The highest BCUT2D eigenvalue weighted by Crippen LogP contribution is 2.29. The lowest BCUT2D eigenvalue weighted by molar-refractivity contribution is 0.415. The summed E-state index contributed by atoms with van der Waals surface area (Å²) >= 11 is 6.17. The predicted octanol–water partition coefficient (Wildman–Crippen LogP) is 5.50. The van der Waals surface area contributed by atoms with Gasteiger partial charge in [-0.15, -0.1) is 0 Å². The zero-order chi connectivity index (χ0) is 17.0. The van der Waals surface area contributed by atoms with Gasteiger partial charge in [0.2, 0.25) is 0 Å². The van der Waals surface area contributed by atoms with Crippen molar-refractivity contribution >= 4 is 11.6 Å². The van der Waals surface area contributed by atoms with Crippen LogP contribution >= 0.6 is 11.6 Å². The Labute approximate surface area is 143 Å². The topological polar surface area (TPSA) is 33.0 Å². The van der Waals surface area contributed by atoms with Gasteiger partial charge in [0.15, 0.2) is 0 Å². The predicted molar refractivity (Wildman–Crippen MR) is 95.2 cm³/mol. The molecule has 0 saturated heterocycles. The van der Waals surface area contributed by atoms with Gasteiger partial charge in [-0.3, -0.25) is 0 Å². The third kappa shape index (κ3) is 4.27. The smallest absolute Gasteiger partial charge is 0.137 e. The SMILES string of the molecule is COc1ccc(CC(C#N)c2ccc(C(C)(C)C)cc2)cc1Cl. The van der Waals surface area contributed by atoms with Crippen molar-refractivity contribution in [2.24, 2.45) is 0 Å². The lowest BCUT2D eigenvalue weighted by atomic mass is 9.85. The van der Waals surface area contributed by atoms with Crippen LogP contribution in [0.4, 0.5) is 0 Å². The zero-order valence-corrected chi connectivity index (χ0v) is 14.8. The Balaban J connectivity index is 2.20. The molecule has 0 aromatic heterocycles. The van der Waals surface area contributed by atoms with Crippen LogP contribution in [0.1, 0.15) is 43.4 Å². The lowest BCUT2D eigenvalue weighted by Crippen LogP contribution is -2.11. The Kier molecular flexibility index (Phi) is 5.34. The number of rotatable bonds is 4. The summed E-state index contributed by atoms with van der Waals surface area (Å²) in [5.41, 5.74) is 3.45. The van der Waals surface area contributed by atoms with Crippen LogP contribution in [-0.2, 0) is 11.8 Å². The summed E-state index contributed by atoms with van der Waals surface area (Å²) in [6.45, 7) is 6.55. The summed E-state index contributed by atoms with van der Waals surface area (Å²) in [7, 11) is 1.59. The second kappa shape index (κ2) is 7.06. The second-order valence-electron chi connectivity index (χ2n) is 6.73. The molecule has 0 heterocycles. The van der Waals surface area contributed by atoms with Crippen LogP contribution in [0.25, 0.3) is 0 Å². The van der Waals surface area contributed by atoms with Gasteiger partial charge in [0, 0.05) is 0 Å². The third-order valence-electron chi connectivity index (χ3n) is 3.99. The van der Waals surface area contributed by atoms with E-state index in [4.69, 9.17) is 16.3 Å². The van der Waals surface area contributed by atoms with Crippen LogP contribution in [0, 0.1) is 11.3 Å². The largest absolute Gasteiger partial charge is 0.495 e. The molecule has 120 valence electrons. The minimum atomic E-state index is -0.187. The highest BCUT2D eigenvalue weighted by atomic mass is 35.5. The summed E-state index contributed by atoms with van der Waals surface area (Å²) in [4.78, 5) is 0. The Morgan fingerprint density at radius 2 is 1.78 bits per heavy atom. The van der Waals surface area contributed by atoms with E-state index in [2.05, 4.69) is 51.1 Å². The van der Waals surface area contributed by atoms with Crippen molar-refractivity contribution in [3.63, 3.8) is 0 Å². The molecule has 0 aliphatic rings. The number of methoxy groups -OCH3 is 1. The van der Waals surface area contributed by atoms with Crippen molar-refractivity contribution in [3.8, 4) is 11.8 Å². The van der Waals surface area contributed by atoms with Crippen molar-refractivity contribution < 1.29 is 4.74 Å². The fourth-order valence-electron chi connectivity index (χ4n) is 2.53.